The van der Waals surface area contributed by atoms with Crippen molar-refractivity contribution in [3.05, 3.63) is 65.7 Å². The summed E-state index contributed by atoms with van der Waals surface area (Å²) in [7, 11) is 0. The Morgan fingerprint density at radius 2 is 1.67 bits per heavy atom. The second-order valence-electron chi connectivity index (χ2n) is 5.30. The Hall–Kier alpha value is -3.86. The maximum absolute atomic E-state index is 11.6. The first-order chi connectivity index (χ1) is 13.1. The molecule has 27 heavy (non-hydrogen) atoms. The van der Waals surface area contributed by atoms with Gasteiger partial charge in [0.25, 0.3) is 5.91 Å². The number of amides is 3. The van der Waals surface area contributed by atoms with Crippen molar-refractivity contribution in [1.29, 1.82) is 5.26 Å². The Bertz CT molecular complexity index is 829. The monoisotopic (exact) mass is 367 g/mol. The van der Waals surface area contributed by atoms with Gasteiger partial charge < -0.3 is 14.8 Å². The van der Waals surface area contributed by atoms with Gasteiger partial charge in [0, 0.05) is 6.54 Å². The number of benzene rings is 2. The van der Waals surface area contributed by atoms with Gasteiger partial charge in [-0.15, -0.1) is 0 Å². The number of ether oxygens (including phenoxy) is 2. The molecule has 8 nitrogen and oxygen atoms in total. The Balaban J connectivity index is 1.63. The van der Waals surface area contributed by atoms with Crippen LogP contribution in [0.3, 0.4) is 0 Å². The highest BCUT2D eigenvalue weighted by atomic mass is 16.6. The lowest BCUT2D eigenvalue weighted by atomic mass is 10.2. The molecule has 0 atom stereocenters. The summed E-state index contributed by atoms with van der Waals surface area (Å²) in [5.74, 6) is -1.14. The van der Waals surface area contributed by atoms with Crippen molar-refractivity contribution in [1.82, 2.24) is 10.6 Å². The summed E-state index contributed by atoms with van der Waals surface area (Å²) in [6.45, 7) is -0.744. The Morgan fingerprint density at radius 1 is 0.963 bits per heavy atom. The van der Waals surface area contributed by atoms with Gasteiger partial charge in [-0.25, -0.2) is 9.59 Å². The first-order valence-corrected chi connectivity index (χ1v) is 7.97. The van der Waals surface area contributed by atoms with Crippen LogP contribution in [0.4, 0.5) is 4.79 Å². The van der Waals surface area contributed by atoms with Crippen LogP contribution in [0.2, 0.25) is 0 Å². The highest BCUT2D eigenvalue weighted by Crippen LogP contribution is 2.11. The summed E-state index contributed by atoms with van der Waals surface area (Å²) < 4.78 is 9.90. The molecule has 0 saturated heterocycles. The van der Waals surface area contributed by atoms with Crippen molar-refractivity contribution in [2.24, 2.45) is 0 Å². The number of nitriles is 1. The number of carbonyl (C=O) groups excluding carboxylic acids is 3. The smallest absolute Gasteiger partial charge is 0.344 e. The summed E-state index contributed by atoms with van der Waals surface area (Å²) >= 11 is 0. The fraction of sp³-hybridized carbons (Fsp3) is 0.158. The number of hydrogen-bond donors (Lipinski definition) is 2. The molecule has 0 spiro atoms. The molecule has 0 saturated carbocycles. The minimum atomic E-state index is -0.765. The van der Waals surface area contributed by atoms with Crippen molar-refractivity contribution in [3.8, 4) is 11.8 Å². The minimum absolute atomic E-state index is 0.262. The first kappa shape index (κ1) is 19.5. The Labute approximate surface area is 155 Å². The number of imide groups is 1. The van der Waals surface area contributed by atoms with Crippen molar-refractivity contribution in [2.75, 3.05) is 13.2 Å². The molecule has 0 unspecified atom stereocenters. The van der Waals surface area contributed by atoms with Gasteiger partial charge in [-0.1, -0.05) is 30.3 Å². The van der Waals surface area contributed by atoms with E-state index in [9.17, 15) is 14.4 Å². The van der Waals surface area contributed by atoms with Gasteiger partial charge in [0.1, 0.15) is 5.75 Å². The molecule has 0 heterocycles. The van der Waals surface area contributed by atoms with Gasteiger partial charge >= 0.3 is 12.0 Å². The number of urea groups is 1. The predicted molar refractivity (Wildman–Crippen MR) is 94.4 cm³/mol. The Kier molecular flexibility index (Phi) is 7.36. The zero-order chi connectivity index (χ0) is 19.5. The Morgan fingerprint density at radius 3 is 2.33 bits per heavy atom. The standard InChI is InChI=1S/C19H17N3O5/c20-10-14-6-8-16(9-7-14)26-13-18(24)27-12-17(23)22-19(25)21-11-15-4-2-1-3-5-15/h1-9H,11-13H2,(H2,21,22,23,25). The highest BCUT2D eigenvalue weighted by Gasteiger charge is 2.11. The number of nitrogens with one attached hydrogen (secondary N) is 2. The molecule has 0 fully saturated rings. The van der Waals surface area contributed by atoms with Gasteiger partial charge in [-0.3, -0.25) is 10.1 Å². The number of esters is 1. The lowest BCUT2D eigenvalue weighted by molar-refractivity contribution is -0.150. The number of rotatable bonds is 7. The van der Waals surface area contributed by atoms with Crippen LogP contribution in [-0.4, -0.2) is 31.1 Å². The van der Waals surface area contributed by atoms with E-state index in [0.717, 1.165) is 5.56 Å². The summed E-state index contributed by atoms with van der Waals surface area (Å²) in [6.07, 6.45) is 0. The van der Waals surface area contributed by atoms with E-state index in [1.165, 1.54) is 12.1 Å². The maximum atomic E-state index is 11.6. The van der Waals surface area contributed by atoms with Crippen LogP contribution < -0.4 is 15.4 Å². The lowest BCUT2D eigenvalue weighted by Gasteiger charge is -2.08. The van der Waals surface area contributed by atoms with Crippen LogP contribution in [0, 0.1) is 11.3 Å². The van der Waals surface area contributed by atoms with Crippen LogP contribution in [0.15, 0.2) is 54.6 Å². The third-order valence-corrected chi connectivity index (χ3v) is 3.25. The van der Waals surface area contributed by atoms with E-state index in [1.807, 2.05) is 36.4 Å². The molecule has 0 bridgehead atoms. The normalized spacial score (nSPS) is 9.59. The molecular weight excluding hydrogens is 350 g/mol. The van der Waals surface area contributed by atoms with Crippen LogP contribution >= 0.6 is 0 Å². The van der Waals surface area contributed by atoms with E-state index in [0.29, 0.717) is 11.3 Å². The van der Waals surface area contributed by atoms with E-state index < -0.39 is 31.1 Å². The maximum Gasteiger partial charge on any atom is 0.344 e. The number of hydrogen-bond acceptors (Lipinski definition) is 6. The van der Waals surface area contributed by atoms with E-state index in [-0.39, 0.29) is 6.54 Å². The van der Waals surface area contributed by atoms with Crippen molar-refractivity contribution < 1.29 is 23.9 Å². The molecule has 0 radical (unpaired) electrons. The fourth-order valence-electron chi connectivity index (χ4n) is 1.94. The van der Waals surface area contributed by atoms with Gasteiger partial charge in [-0.05, 0) is 29.8 Å². The fourth-order valence-corrected chi connectivity index (χ4v) is 1.94. The largest absolute Gasteiger partial charge is 0.482 e. The van der Waals surface area contributed by atoms with Crippen LogP contribution in [0.5, 0.6) is 5.75 Å². The molecule has 2 N–H and O–H groups in total. The molecule has 0 aliphatic carbocycles. The van der Waals surface area contributed by atoms with Gasteiger partial charge in [0.2, 0.25) is 0 Å². The van der Waals surface area contributed by atoms with Gasteiger partial charge in [-0.2, -0.15) is 5.26 Å². The zero-order valence-corrected chi connectivity index (χ0v) is 14.3. The molecule has 0 aromatic heterocycles. The number of nitrogens with zero attached hydrogens (tertiary/aromatic N) is 1. The van der Waals surface area contributed by atoms with Crippen LogP contribution in [-0.2, 0) is 20.9 Å². The average molecular weight is 367 g/mol. The second-order valence-corrected chi connectivity index (χ2v) is 5.30. The number of carbonyl (C=O) groups is 3. The van der Waals surface area contributed by atoms with E-state index in [4.69, 9.17) is 14.7 Å². The molecule has 138 valence electrons. The van der Waals surface area contributed by atoms with Gasteiger partial charge in [0.15, 0.2) is 13.2 Å². The molecule has 0 aliphatic rings. The van der Waals surface area contributed by atoms with E-state index >= 15 is 0 Å². The predicted octanol–water partition coefficient (Wildman–Crippen LogP) is 1.51. The third-order valence-electron chi connectivity index (χ3n) is 3.25. The summed E-state index contributed by atoms with van der Waals surface area (Å²) in [5.41, 5.74) is 1.35. The molecule has 8 heteroatoms. The second kappa shape index (κ2) is 10.2. The molecule has 3 amide bonds. The quantitative estimate of drug-likeness (QED) is 0.716. The van der Waals surface area contributed by atoms with Crippen molar-refractivity contribution >= 4 is 17.9 Å². The molecule has 2 aromatic carbocycles. The van der Waals surface area contributed by atoms with E-state index in [2.05, 4.69) is 10.6 Å². The molecule has 2 aromatic rings. The minimum Gasteiger partial charge on any atom is -0.482 e. The van der Waals surface area contributed by atoms with Crippen molar-refractivity contribution in [3.63, 3.8) is 0 Å². The van der Waals surface area contributed by atoms with E-state index in [1.54, 1.807) is 12.1 Å². The first-order valence-electron chi connectivity index (χ1n) is 7.97. The molecular formula is C19H17N3O5. The third kappa shape index (κ3) is 7.27. The highest BCUT2D eigenvalue weighted by molar-refractivity contribution is 5.95. The zero-order valence-electron chi connectivity index (χ0n) is 14.3. The summed E-state index contributed by atoms with van der Waals surface area (Å²) in [5, 5.41) is 13.3. The summed E-state index contributed by atoms with van der Waals surface area (Å²) in [6, 6.07) is 16.6. The van der Waals surface area contributed by atoms with Crippen LogP contribution in [0.25, 0.3) is 0 Å². The molecule has 0 aliphatic heterocycles. The molecule has 2 rings (SSSR count). The van der Waals surface area contributed by atoms with Crippen LogP contribution in [0.1, 0.15) is 11.1 Å². The summed E-state index contributed by atoms with van der Waals surface area (Å²) in [4.78, 5) is 34.8. The van der Waals surface area contributed by atoms with Crippen molar-refractivity contribution in [2.45, 2.75) is 6.54 Å². The lowest BCUT2D eigenvalue weighted by Crippen LogP contribution is -2.41. The van der Waals surface area contributed by atoms with Gasteiger partial charge in [0.05, 0.1) is 11.6 Å². The SMILES string of the molecule is N#Cc1ccc(OCC(=O)OCC(=O)NC(=O)NCc2ccccc2)cc1. The topological polar surface area (TPSA) is 118 Å². The average Bonchev–Trinajstić information content (AvgIpc) is 2.70.